The second-order valence-electron chi connectivity index (χ2n) is 5.49. The van der Waals surface area contributed by atoms with E-state index in [1.54, 1.807) is 31.2 Å². The van der Waals surface area contributed by atoms with Crippen LogP contribution in [0.2, 0.25) is 0 Å². The van der Waals surface area contributed by atoms with Gasteiger partial charge in [-0.25, -0.2) is 8.42 Å². The number of rotatable bonds is 6. The van der Waals surface area contributed by atoms with Crippen LogP contribution < -0.4 is 19.1 Å². The summed E-state index contributed by atoms with van der Waals surface area (Å²) in [5, 5.41) is 6.21. The molecule has 0 spiro atoms. The lowest BCUT2D eigenvalue weighted by atomic mass is 10.2. The summed E-state index contributed by atoms with van der Waals surface area (Å²) >= 11 is 0. The molecule has 25 heavy (non-hydrogen) atoms. The predicted octanol–water partition coefficient (Wildman–Crippen LogP) is 1.51. The SMILES string of the molecule is Cc1cc(NC(=O)CCN(c2ccc3c(c2)OCO3)S(C)(=O)=O)no1. The summed E-state index contributed by atoms with van der Waals surface area (Å²) in [6, 6.07) is 6.38. The summed E-state index contributed by atoms with van der Waals surface area (Å²) in [7, 11) is -3.58. The van der Waals surface area contributed by atoms with Crippen LogP contribution in [0.25, 0.3) is 0 Å². The van der Waals surface area contributed by atoms with Crippen LogP contribution in [0.5, 0.6) is 11.5 Å². The van der Waals surface area contributed by atoms with E-state index in [0.29, 0.717) is 22.9 Å². The van der Waals surface area contributed by atoms with Crippen LogP contribution in [0.1, 0.15) is 12.2 Å². The molecule has 2 aromatic rings. The van der Waals surface area contributed by atoms with Crippen molar-refractivity contribution in [1.29, 1.82) is 0 Å². The van der Waals surface area contributed by atoms with Crippen molar-refractivity contribution in [3.63, 3.8) is 0 Å². The van der Waals surface area contributed by atoms with E-state index >= 15 is 0 Å². The van der Waals surface area contributed by atoms with E-state index in [1.807, 2.05) is 0 Å². The molecular formula is C15H17N3O6S. The zero-order chi connectivity index (χ0) is 18.0. The fraction of sp³-hybridized carbons (Fsp3) is 0.333. The third kappa shape index (κ3) is 4.02. The first-order valence-corrected chi connectivity index (χ1v) is 9.28. The maximum Gasteiger partial charge on any atom is 0.232 e. The van der Waals surface area contributed by atoms with E-state index in [4.69, 9.17) is 14.0 Å². The topological polar surface area (TPSA) is 111 Å². The first kappa shape index (κ1) is 17.1. The summed E-state index contributed by atoms with van der Waals surface area (Å²) in [4.78, 5) is 12.0. The standard InChI is InChI=1S/C15H17N3O6S/c1-10-7-14(17-24-10)16-15(19)5-6-18(25(2,20)21)11-3-4-12-13(8-11)23-9-22-12/h3-4,7-8H,5-6,9H2,1-2H3,(H,16,17,19). The number of aromatic nitrogens is 1. The second-order valence-corrected chi connectivity index (χ2v) is 7.40. The van der Waals surface area contributed by atoms with Crippen LogP contribution in [0.4, 0.5) is 11.5 Å². The summed E-state index contributed by atoms with van der Waals surface area (Å²) in [6.07, 6.45) is 1.03. The number of carbonyl (C=O) groups excluding carboxylic acids is 1. The molecule has 0 fully saturated rings. The number of anilines is 2. The Balaban J connectivity index is 1.70. The van der Waals surface area contributed by atoms with Crippen molar-refractivity contribution in [3.05, 3.63) is 30.0 Å². The van der Waals surface area contributed by atoms with E-state index in [9.17, 15) is 13.2 Å². The van der Waals surface area contributed by atoms with E-state index in [-0.39, 0.29) is 31.5 Å². The number of carbonyl (C=O) groups is 1. The van der Waals surface area contributed by atoms with Crippen molar-refractivity contribution >= 4 is 27.4 Å². The Kier molecular flexibility index (Phi) is 4.53. The molecule has 0 bridgehead atoms. The van der Waals surface area contributed by atoms with Gasteiger partial charge in [-0.15, -0.1) is 0 Å². The van der Waals surface area contributed by atoms with Gasteiger partial charge in [0, 0.05) is 25.1 Å². The van der Waals surface area contributed by atoms with Crippen LogP contribution >= 0.6 is 0 Å². The van der Waals surface area contributed by atoms with Crippen molar-refractivity contribution in [1.82, 2.24) is 5.16 Å². The molecule has 0 saturated heterocycles. The lowest BCUT2D eigenvalue weighted by Gasteiger charge is -2.22. The maximum atomic E-state index is 12.1. The molecule has 0 saturated carbocycles. The number of nitrogens with one attached hydrogen (secondary N) is 1. The number of aryl methyl sites for hydroxylation is 1. The summed E-state index contributed by atoms with van der Waals surface area (Å²) in [5.41, 5.74) is 0.400. The Morgan fingerprint density at radius 3 is 2.72 bits per heavy atom. The van der Waals surface area contributed by atoms with Gasteiger partial charge in [0.2, 0.25) is 22.7 Å². The molecule has 0 unspecified atom stereocenters. The van der Waals surface area contributed by atoms with Crippen molar-refractivity contribution in [2.24, 2.45) is 0 Å². The van der Waals surface area contributed by atoms with Crippen LogP contribution in [0.3, 0.4) is 0 Å². The zero-order valence-corrected chi connectivity index (χ0v) is 14.5. The number of amides is 1. The van der Waals surface area contributed by atoms with E-state index in [2.05, 4.69) is 10.5 Å². The highest BCUT2D eigenvalue weighted by Crippen LogP contribution is 2.36. The van der Waals surface area contributed by atoms with Crippen molar-refractivity contribution in [3.8, 4) is 11.5 Å². The molecule has 9 nitrogen and oxygen atoms in total. The van der Waals surface area contributed by atoms with Gasteiger partial charge in [-0.3, -0.25) is 9.10 Å². The van der Waals surface area contributed by atoms with Crippen molar-refractivity contribution in [2.75, 3.05) is 29.2 Å². The first-order valence-electron chi connectivity index (χ1n) is 7.43. The normalized spacial score (nSPS) is 12.9. The molecule has 1 N–H and O–H groups in total. The van der Waals surface area contributed by atoms with Gasteiger partial charge in [0.15, 0.2) is 17.3 Å². The Morgan fingerprint density at radius 2 is 2.04 bits per heavy atom. The van der Waals surface area contributed by atoms with Crippen molar-refractivity contribution < 1.29 is 27.2 Å². The number of nitrogens with zero attached hydrogens (tertiary/aromatic N) is 2. The first-order chi connectivity index (χ1) is 11.8. The molecule has 1 aromatic heterocycles. The van der Waals surface area contributed by atoms with Gasteiger partial charge in [-0.05, 0) is 19.1 Å². The Morgan fingerprint density at radius 1 is 1.28 bits per heavy atom. The quantitative estimate of drug-likeness (QED) is 0.824. The monoisotopic (exact) mass is 367 g/mol. The van der Waals surface area contributed by atoms with E-state index in [1.165, 1.54) is 0 Å². The van der Waals surface area contributed by atoms with Gasteiger partial charge in [0.25, 0.3) is 0 Å². The minimum atomic E-state index is -3.58. The van der Waals surface area contributed by atoms with Gasteiger partial charge < -0.3 is 19.3 Å². The van der Waals surface area contributed by atoms with Gasteiger partial charge in [-0.1, -0.05) is 5.16 Å². The fourth-order valence-electron chi connectivity index (χ4n) is 2.36. The minimum absolute atomic E-state index is 0.0266. The highest BCUT2D eigenvalue weighted by Gasteiger charge is 2.22. The molecular weight excluding hydrogens is 350 g/mol. The predicted molar refractivity (Wildman–Crippen MR) is 89.2 cm³/mol. The van der Waals surface area contributed by atoms with Crippen LogP contribution in [0, 0.1) is 6.92 Å². The average molecular weight is 367 g/mol. The molecule has 134 valence electrons. The molecule has 1 amide bonds. The molecule has 0 radical (unpaired) electrons. The number of hydrogen-bond acceptors (Lipinski definition) is 7. The number of hydrogen-bond donors (Lipinski definition) is 1. The van der Waals surface area contributed by atoms with E-state index in [0.717, 1.165) is 10.6 Å². The third-order valence-electron chi connectivity index (χ3n) is 3.48. The minimum Gasteiger partial charge on any atom is -0.454 e. The molecule has 3 rings (SSSR count). The fourth-order valence-corrected chi connectivity index (χ4v) is 3.28. The lowest BCUT2D eigenvalue weighted by Crippen LogP contribution is -2.33. The highest BCUT2D eigenvalue weighted by molar-refractivity contribution is 7.92. The molecule has 0 atom stereocenters. The molecule has 2 heterocycles. The number of ether oxygens (including phenoxy) is 2. The average Bonchev–Trinajstić information content (AvgIpc) is 3.14. The smallest absolute Gasteiger partial charge is 0.232 e. The second kappa shape index (κ2) is 6.63. The summed E-state index contributed by atoms with van der Waals surface area (Å²) in [6.45, 7) is 1.77. The highest BCUT2D eigenvalue weighted by atomic mass is 32.2. The molecule has 10 heteroatoms. The number of sulfonamides is 1. The third-order valence-corrected chi connectivity index (χ3v) is 4.68. The zero-order valence-electron chi connectivity index (χ0n) is 13.7. The number of fused-ring (bicyclic) bond motifs is 1. The Bertz CT molecular complexity index is 892. The molecule has 1 aliphatic heterocycles. The molecule has 0 aliphatic carbocycles. The largest absolute Gasteiger partial charge is 0.454 e. The number of benzene rings is 1. The van der Waals surface area contributed by atoms with E-state index < -0.39 is 10.0 Å². The van der Waals surface area contributed by atoms with Crippen molar-refractivity contribution in [2.45, 2.75) is 13.3 Å². The summed E-state index contributed by atoms with van der Waals surface area (Å²) in [5.74, 6) is 1.50. The molecule has 1 aromatic carbocycles. The van der Waals surface area contributed by atoms with Crippen LogP contribution in [-0.2, 0) is 14.8 Å². The summed E-state index contributed by atoms with van der Waals surface area (Å²) < 4.78 is 40.7. The van der Waals surface area contributed by atoms with Gasteiger partial charge in [-0.2, -0.15) is 0 Å². The molecule has 1 aliphatic rings. The lowest BCUT2D eigenvalue weighted by molar-refractivity contribution is -0.116. The van der Waals surface area contributed by atoms with Crippen LogP contribution in [0.15, 0.2) is 28.8 Å². The van der Waals surface area contributed by atoms with Gasteiger partial charge in [0.1, 0.15) is 5.76 Å². The Hall–Kier alpha value is -2.75. The van der Waals surface area contributed by atoms with Crippen LogP contribution in [-0.4, -0.2) is 39.1 Å². The maximum absolute atomic E-state index is 12.1. The Labute approximate surface area is 144 Å². The van der Waals surface area contributed by atoms with Gasteiger partial charge in [0.05, 0.1) is 11.9 Å². The van der Waals surface area contributed by atoms with Gasteiger partial charge >= 0.3 is 0 Å².